The molecule has 9 heteroatoms. The lowest BCUT2D eigenvalue weighted by atomic mass is 10.3. The molecule has 1 N–H and O–H groups in total. The minimum atomic E-state index is -0.0643. The Morgan fingerprint density at radius 3 is 2.52 bits per heavy atom. The molecule has 0 radical (unpaired) electrons. The second-order valence-corrected chi connectivity index (χ2v) is 9.00. The zero-order valence-electron chi connectivity index (χ0n) is 15.5. The van der Waals surface area contributed by atoms with Gasteiger partial charge in [0.25, 0.3) is 0 Å². The highest BCUT2D eigenvalue weighted by atomic mass is 32.2. The first-order chi connectivity index (χ1) is 14.2. The zero-order valence-corrected chi connectivity index (χ0v) is 17.9. The highest BCUT2D eigenvalue weighted by Crippen LogP contribution is 2.33. The average Bonchev–Trinajstić information content (AvgIpc) is 3.37. The Hall–Kier alpha value is -2.75. The number of benzene rings is 2. The molecule has 146 valence electrons. The lowest BCUT2D eigenvalue weighted by Gasteiger charge is -2.17. The summed E-state index contributed by atoms with van der Waals surface area (Å²) in [7, 11) is 0. The Bertz CT molecular complexity index is 1080. The summed E-state index contributed by atoms with van der Waals surface area (Å²) < 4.78 is 0.865. The van der Waals surface area contributed by atoms with E-state index in [1.54, 1.807) is 23.6 Å². The van der Waals surface area contributed by atoms with Crippen LogP contribution in [0.3, 0.4) is 0 Å². The topological polar surface area (TPSA) is 71.0 Å². The SMILES string of the molecule is CC(=O)N(c1ccccc1)c1nc(CSc2nnc(Nc3ccccc3)s2)cs1. The highest BCUT2D eigenvalue weighted by Gasteiger charge is 2.18. The minimum Gasteiger partial charge on any atom is -0.330 e. The molecular weight excluding hydrogens is 422 g/mol. The van der Waals surface area contributed by atoms with Gasteiger partial charge < -0.3 is 5.32 Å². The van der Waals surface area contributed by atoms with Gasteiger partial charge >= 0.3 is 0 Å². The van der Waals surface area contributed by atoms with Crippen molar-refractivity contribution >= 4 is 62.0 Å². The number of amides is 1. The second-order valence-electron chi connectivity index (χ2n) is 5.96. The van der Waals surface area contributed by atoms with Gasteiger partial charge in [-0.05, 0) is 24.3 Å². The van der Waals surface area contributed by atoms with Gasteiger partial charge in [-0.1, -0.05) is 59.5 Å². The summed E-state index contributed by atoms with van der Waals surface area (Å²) in [6.45, 7) is 1.55. The van der Waals surface area contributed by atoms with Gasteiger partial charge in [0.15, 0.2) is 9.47 Å². The van der Waals surface area contributed by atoms with Crippen LogP contribution < -0.4 is 10.2 Å². The molecule has 29 heavy (non-hydrogen) atoms. The lowest BCUT2D eigenvalue weighted by Crippen LogP contribution is -2.22. The van der Waals surface area contributed by atoms with Gasteiger partial charge in [0.1, 0.15) is 0 Å². The summed E-state index contributed by atoms with van der Waals surface area (Å²) in [5.74, 6) is 0.599. The van der Waals surface area contributed by atoms with E-state index >= 15 is 0 Å². The van der Waals surface area contributed by atoms with E-state index in [4.69, 9.17) is 0 Å². The quantitative estimate of drug-likeness (QED) is 0.372. The Kier molecular flexibility index (Phi) is 6.18. The molecule has 0 saturated heterocycles. The van der Waals surface area contributed by atoms with Crippen LogP contribution in [0.15, 0.2) is 70.4 Å². The van der Waals surface area contributed by atoms with Crippen molar-refractivity contribution in [1.82, 2.24) is 15.2 Å². The van der Waals surface area contributed by atoms with E-state index in [0.29, 0.717) is 10.9 Å². The molecule has 6 nitrogen and oxygen atoms in total. The number of hydrogen-bond acceptors (Lipinski definition) is 8. The number of nitrogens with zero attached hydrogens (tertiary/aromatic N) is 4. The number of thioether (sulfide) groups is 1. The van der Waals surface area contributed by atoms with Crippen LogP contribution in [-0.4, -0.2) is 21.1 Å². The maximum Gasteiger partial charge on any atom is 0.230 e. The molecule has 0 spiro atoms. The lowest BCUT2D eigenvalue weighted by molar-refractivity contribution is -0.115. The largest absolute Gasteiger partial charge is 0.330 e. The summed E-state index contributed by atoms with van der Waals surface area (Å²) in [6.07, 6.45) is 0. The smallest absolute Gasteiger partial charge is 0.230 e. The molecule has 0 aliphatic heterocycles. The third kappa shape index (κ3) is 5.00. The van der Waals surface area contributed by atoms with E-state index in [1.807, 2.05) is 66.0 Å². The number of rotatable bonds is 7. The van der Waals surface area contributed by atoms with E-state index in [0.717, 1.165) is 26.5 Å². The molecule has 4 aromatic rings. The van der Waals surface area contributed by atoms with E-state index in [9.17, 15) is 4.79 Å². The summed E-state index contributed by atoms with van der Waals surface area (Å²) in [4.78, 5) is 18.4. The van der Waals surface area contributed by atoms with Crippen LogP contribution in [0, 0.1) is 0 Å². The monoisotopic (exact) mass is 439 g/mol. The van der Waals surface area contributed by atoms with Crippen molar-refractivity contribution in [3.05, 3.63) is 71.7 Å². The van der Waals surface area contributed by atoms with E-state index < -0.39 is 0 Å². The molecular formula is C20H17N5OS3. The van der Waals surface area contributed by atoms with Crippen LogP contribution in [-0.2, 0) is 10.5 Å². The van der Waals surface area contributed by atoms with Crippen LogP contribution >= 0.6 is 34.4 Å². The van der Waals surface area contributed by atoms with Crippen molar-refractivity contribution in [3.8, 4) is 0 Å². The average molecular weight is 440 g/mol. The Labute approximate surface area is 180 Å². The number of aromatic nitrogens is 3. The van der Waals surface area contributed by atoms with Crippen LogP contribution in [0.4, 0.5) is 21.6 Å². The van der Waals surface area contributed by atoms with Crippen LogP contribution in [0.2, 0.25) is 0 Å². The number of anilines is 4. The molecule has 0 aliphatic carbocycles. The van der Waals surface area contributed by atoms with E-state index in [-0.39, 0.29) is 5.91 Å². The first kappa shape index (κ1) is 19.6. The van der Waals surface area contributed by atoms with Gasteiger partial charge in [-0.25, -0.2) is 4.98 Å². The number of para-hydroxylation sites is 2. The predicted molar refractivity (Wildman–Crippen MR) is 121 cm³/mol. The zero-order chi connectivity index (χ0) is 20.1. The molecule has 0 bridgehead atoms. The first-order valence-corrected chi connectivity index (χ1v) is 11.5. The number of carbonyl (C=O) groups is 1. The molecule has 2 heterocycles. The van der Waals surface area contributed by atoms with Crippen molar-refractivity contribution < 1.29 is 4.79 Å². The number of thiazole rings is 1. The first-order valence-electron chi connectivity index (χ1n) is 8.77. The van der Waals surface area contributed by atoms with Gasteiger partial charge in [-0.2, -0.15) is 0 Å². The number of nitrogens with one attached hydrogen (secondary N) is 1. The second kappa shape index (κ2) is 9.17. The van der Waals surface area contributed by atoms with Gasteiger partial charge in [0, 0.05) is 23.7 Å². The van der Waals surface area contributed by atoms with Gasteiger partial charge in [-0.15, -0.1) is 21.5 Å². The minimum absolute atomic E-state index is 0.0643. The van der Waals surface area contributed by atoms with Gasteiger partial charge in [0.2, 0.25) is 11.0 Å². The van der Waals surface area contributed by atoms with Crippen LogP contribution in [0.5, 0.6) is 0 Å². The fourth-order valence-electron chi connectivity index (χ4n) is 2.57. The third-order valence-electron chi connectivity index (χ3n) is 3.84. The molecule has 4 rings (SSSR count). The third-order valence-corrected chi connectivity index (χ3v) is 6.72. The Morgan fingerprint density at radius 2 is 1.79 bits per heavy atom. The van der Waals surface area contributed by atoms with Crippen molar-refractivity contribution in [2.24, 2.45) is 0 Å². The van der Waals surface area contributed by atoms with Crippen molar-refractivity contribution in [1.29, 1.82) is 0 Å². The fraction of sp³-hybridized carbons (Fsp3) is 0.100. The molecule has 0 aliphatic rings. The Balaban J connectivity index is 1.40. The van der Waals surface area contributed by atoms with Crippen molar-refractivity contribution in [2.45, 2.75) is 17.0 Å². The van der Waals surface area contributed by atoms with Crippen LogP contribution in [0.25, 0.3) is 0 Å². The molecule has 2 aromatic carbocycles. The number of hydrogen-bond donors (Lipinski definition) is 1. The van der Waals surface area contributed by atoms with Gasteiger partial charge in [-0.3, -0.25) is 9.69 Å². The van der Waals surface area contributed by atoms with E-state index in [2.05, 4.69) is 20.5 Å². The molecule has 2 aromatic heterocycles. The Morgan fingerprint density at radius 1 is 1.07 bits per heavy atom. The highest BCUT2D eigenvalue weighted by molar-refractivity contribution is 8.00. The summed E-state index contributed by atoms with van der Waals surface area (Å²) in [5.41, 5.74) is 2.70. The van der Waals surface area contributed by atoms with Gasteiger partial charge in [0.05, 0.1) is 11.4 Å². The molecule has 0 saturated carbocycles. The summed E-state index contributed by atoms with van der Waals surface area (Å²) in [6, 6.07) is 19.4. The normalized spacial score (nSPS) is 10.7. The maximum atomic E-state index is 12.2. The summed E-state index contributed by atoms with van der Waals surface area (Å²) in [5, 5.41) is 15.1. The predicted octanol–water partition coefficient (Wildman–Crippen LogP) is 5.72. The molecule has 0 unspecified atom stereocenters. The maximum absolute atomic E-state index is 12.2. The molecule has 1 amide bonds. The number of carbonyl (C=O) groups excluding carboxylic acids is 1. The van der Waals surface area contributed by atoms with Crippen molar-refractivity contribution in [3.63, 3.8) is 0 Å². The molecule has 0 fully saturated rings. The van der Waals surface area contributed by atoms with Crippen molar-refractivity contribution in [2.75, 3.05) is 10.2 Å². The van der Waals surface area contributed by atoms with Crippen LogP contribution in [0.1, 0.15) is 12.6 Å². The standard InChI is InChI=1S/C20H17N5OS3/c1-14(26)25(17-10-6-3-7-11-17)19-22-16(12-27-19)13-28-20-24-23-18(29-20)21-15-8-4-2-5-9-15/h2-12H,13H2,1H3,(H,21,23). The summed E-state index contributed by atoms with van der Waals surface area (Å²) >= 11 is 4.54. The van der Waals surface area contributed by atoms with E-state index in [1.165, 1.54) is 22.7 Å². The molecule has 0 atom stereocenters. The fourth-order valence-corrected chi connectivity index (χ4v) is 5.23.